The molecule has 0 N–H and O–H groups in total. The lowest BCUT2D eigenvalue weighted by atomic mass is 9.77. The number of hydrazone groups is 1. The second-order valence-electron chi connectivity index (χ2n) is 6.90. The fourth-order valence-corrected chi connectivity index (χ4v) is 3.52. The van der Waals surface area contributed by atoms with Crippen LogP contribution in [0.25, 0.3) is 0 Å². The largest absolute Gasteiger partial charge is 0.272 e. The predicted molar refractivity (Wildman–Crippen MR) is 97.2 cm³/mol. The van der Waals surface area contributed by atoms with Crippen molar-refractivity contribution in [2.75, 3.05) is 0 Å². The number of amides is 1. The molecule has 27 heavy (non-hydrogen) atoms. The van der Waals surface area contributed by atoms with Gasteiger partial charge in [-0.3, -0.25) is 19.4 Å². The average molecular weight is 361 g/mol. The van der Waals surface area contributed by atoms with Gasteiger partial charge in [-0.05, 0) is 25.8 Å². The zero-order valence-electron chi connectivity index (χ0n) is 15.2. The number of aromatic nitrogens is 4. The second-order valence-corrected chi connectivity index (χ2v) is 6.90. The summed E-state index contributed by atoms with van der Waals surface area (Å²) in [5, 5.41) is 18.9. The fourth-order valence-electron chi connectivity index (χ4n) is 3.52. The molecular weight excluding hydrogens is 342 g/mol. The molecule has 0 bridgehead atoms. The van der Waals surface area contributed by atoms with Crippen molar-refractivity contribution < 1.29 is 4.79 Å². The second kappa shape index (κ2) is 6.76. The maximum Gasteiger partial charge on any atom is 0.250 e. The van der Waals surface area contributed by atoms with Crippen molar-refractivity contribution >= 4 is 12.1 Å². The van der Waals surface area contributed by atoms with Gasteiger partial charge in [-0.1, -0.05) is 5.57 Å². The summed E-state index contributed by atoms with van der Waals surface area (Å²) in [6, 6.07) is 1.88. The number of carbonyl (C=O) groups excluding carboxylic acids is 1. The molecule has 0 radical (unpaired) electrons. The number of aryl methyl sites for hydroxylation is 1. The Labute approximate surface area is 156 Å². The van der Waals surface area contributed by atoms with Crippen molar-refractivity contribution in [3.05, 3.63) is 52.9 Å². The van der Waals surface area contributed by atoms with Gasteiger partial charge in [0.05, 0.1) is 41.8 Å². The van der Waals surface area contributed by atoms with Crippen LogP contribution in [0.4, 0.5) is 0 Å². The lowest BCUT2D eigenvalue weighted by molar-refractivity contribution is -0.137. The molecule has 136 valence electrons. The first-order valence-electron chi connectivity index (χ1n) is 8.82. The van der Waals surface area contributed by atoms with Crippen molar-refractivity contribution in [2.24, 2.45) is 11.0 Å². The monoisotopic (exact) mass is 361 g/mol. The molecule has 4 rings (SSSR count). The standard InChI is InChI=1S/C19H19N7O/c1-12-7-21-9-17(24-12)18-3-4-22-26(18)19(27)16-5-15(13(16)2)11-25-10-14(6-20)8-23-25/h4,7-10,16,18H,3,5,11H2,1-2H3. The molecule has 2 aromatic heterocycles. The molecular formula is C19H19N7O. The highest BCUT2D eigenvalue weighted by Crippen LogP contribution is 2.39. The van der Waals surface area contributed by atoms with Crippen LogP contribution in [0.2, 0.25) is 0 Å². The van der Waals surface area contributed by atoms with E-state index in [2.05, 4.69) is 26.2 Å². The van der Waals surface area contributed by atoms with E-state index < -0.39 is 0 Å². The van der Waals surface area contributed by atoms with Crippen molar-refractivity contribution in [1.29, 1.82) is 5.26 Å². The number of hydrogen-bond acceptors (Lipinski definition) is 6. The van der Waals surface area contributed by atoms with E-state index in [1.165, 1.54) is 5.57 Å². The Morgan fingerprint density at radius 1 is 1.33 bits per heavy atom. The van der Waals surface area contributed by atoms with Gasteiger partial charge in [0.25, 0.3) is 5.91 Å². The van der Waals surface area contributed by atoms with Crippen LogP contribution in [0.1, 0.15) is 42.8 Å². The number of hydrogen-bond donors (Lipinski definition) is 0. The molecule has 0 fully saturated rings. The Bertz CT molecular complexity index is 997. The highest BCUT2D eigenvalue weighted by atomic mass is 16.2. The van der Waals surface area contributed by atoms with Crippen molar-refractivity contribution in [1.82, 2.24) is 24.8 Å². The van der Waals surface area contributed by atoms with E-state index in [9.17, 15) is 4.79 Å². The van der Waals surface area contributed by atoms with Crippen LogP contribution >= 0.6 is 0 Å². The number of allylic oxidation sites excluding steroid dienone is 1. The smallest absolute Gasteiger partial charge is 0.250 e. The molecule has 8 heteroatoms. The molecule has 0 saturated heterocycles. The minimum Gasteiger partial charge on any atom is -0.272 e. The SMILES string of the molecule is CC1=C(Cn2cc(C#N)cn2)CC1C(=O)N1N=CCC1c1cncc(C)n1. The van der Waals surface area contributed by atoms with Gasteiger partial charge in [-0.15, -0.1) is 0 Å². The quantitative estimate of drug-likeness (QED) is 0.777. The summed E-state index contributed by atoms with van der Waals surface area (Å²) in [6.07, 6.45) is 9.76. The summed E-state index contributed by atoms with van der Waals surface area (Å²) < 4.78 is 1.73. The maximum atomic E-state index is 13.0. The predicted octanol–water partition coefficient (Wildman–Crippen LogP) is 2.15. The van der Waals surface area contributed by atoms with Gasteiger partial charge in [0.15, 0.2) is 0 Å². The molecule has 8 nitrogen and oxygen atoms in total. The molecule has 2 aromatic rings. The summed E-state index contributed by atoms with van der Waals surface area (Å²) in [6.45, 7) is 4.47. The highest BCUT2D eigenvalue weighted by molar-refractivity contribution is 5.86. The van der Waals surface area contributed by atoms with Crippen molar-refractivity contribution in [3.8, 4) is 6.07 Å². The molecule has 0 saturated carbocycles. The first-order chi connectivity index (χ1) is 13.1. The lowest BCUT2D eigenvalue weighted by Gasteiger charge is -2.34. The lowest BCUT2D eigenvalue weighted by Crippen LogP contribution is -2.38. The third kappa shape index (κ3) is 3.12. The van der Waals surface area contributed by atoms with Gasteiger partial charge in [0, 0.05) is 25.0 Å². The molecule has 0 aromatic carbocycles. The fraction of sp³-hybridized carbons (Fsp3) is 0.368. The van der Waals surface area contributed by atoms with Crippen LogP contribution in [0.3, 0.4) is 0 Å². The topological polar surface area (TPSA) is 100 Å². The minimum atomic E-state index is -0.189. The van der Waals surface area contributed by atoms with E-state index in [4.69, 9.17) is 5.26 Å². The van der Waals surface area contributed by atoms with E-state index in [1.807, 2.05) is 13.8 Å². The zero-order valence-corrected chi connectivity index (χ0v) is 15.2. The third-order valence-electron chi connectivity index (χ3n) is 5.11. The van der Waals surface area contributed by atoms with Crippen LogP contribution in [0.15, 0.2) is 41.0 Å². The number of rotatable bonds is 4. The maximum absolute atomic E-state index is 13.0. The Kier molecular flexibility index (Phi) is 4.28. The minimum absolute atomic E-state index is 0.00325. The Hall–Kier alpha value is -3.34. The number of nitriles is 1. The van der Waals surface area contributed by atoms with Gasteiger partial charge >= 0.3 is 0 Å². The van der Waals surface area contributed by atoms with Gasteiger partial charge in [0.1, 0.15) is 12.1 Å². The first kappa shape index (κ1) is 17.1. The van der Waals surface area contributed by atoms with Gasteiger partial charge in [0.2, 0.25) is 0 Å². The first-order valence-corrected chi connectivity index (χ1v) is 8.82. The molecule has 1 aliphatic heterocycles. The van der Waals surface area contributed by atoms with Crippen LogP contribution in [0, 0.1) is 24.2 Å². The highest BCUT2D eigenvalue weighted by Gasteiger charge is 2.39. The van der Waals surface area contributed by atoms with Crippen LogP contribution in [0.5, 0.6) is 0 Å². The zero-order chi connectivity index (χ0) is 19.0. The summed E-state index contributed by atoms with van der Waals surface area (Å²) in [4.78, 5) is 21.7. The summed E-state index contributed by atoms with van der Waals surface area (Å²) in [5.74, 6) is -0.169. The normalized spacial score (nSPS) is 21.3. The van der Waals surface area contributed by atoms with E-state index in [0.717, 1.165) is 17.0 Å². The Morgan fingerprint density at radius 3 is 2.89 bits per heavy atom. The van der Waals surface area contributed by atoms with E-state index in [-0.39, 0.29) is 17.9 Å². The number of carbonyl (C=O) groups is 1. The van der Waals surface area contributed by atoms with Gasteiger partial charge in [-0.25, -0.2) is 5.01 Å². The molecule has 2 unspecified atom stereocenters. The van der Waals surface area contributed by atoms with Gasteiger partial charge in [-0.2, -0.15) is 15.5 Å². The summed E-state index contributed by atoms with van der Waals surface area (Å²) >= 11 is 0. The van der Waals surface area contributed by atoms with E-state index in [0.29, 0.717) is 24.9 Å². The molecule has 0 spiro atoms. The van der Waals surface area contributed by atoms with Crippen LogP contribution < -0.4 is 0 Å². The molecule has 2 aliphatic rings. The Balaban J connectivity index is 1.47. The molecule has 1 amide bonds. The molecule has 2 atom stereocenters. The molecule has 1 aliphatic carbocycles. The van der Waals surface area contributed by atoms with Gasteiger partial charge < -0.3 is 0 Å². The van der Waals surface area contributed by atoms with Crippen molar-refractivity contribution in [3.63, 3.8) is 0 Å². The summed E-state index contributed by atoms with van der Waals surface area (Å²) in [7, 11) is 0. The third-order valence-corrected chi connectivity index (χ3v) is 5.11. The van der Waals surface area contributed by atoms with Crippen LogP contribution in [-0.4, -0.2) is 36.9 Å². The van der Waals surface area contributed by atoms with Crippen molar-refractivity contribution in [2.45, 2.75) is 39.3 Å². The van der Waals surface area contributed by atoms with Crippen LogP contribution in [-0.2, 0) is 11.3 Å². The average Bonchev–Trinajstić information content (AvgIpc) is 3.33. The molecule has 3 heterocycles. The van der Waals surface area contributed by atoms with E-state index in [1.54, 1.807) is 40.7 Å². The Morgan fingerprint density at radius 2 is 2.19 bits per heavy atom. The number of nitrogens with zero attached hydrogens (tertiary/aromatic N) is 7. The summed E-state index contributed by atoms with van der Waals surface area (Å²) in [5.41, 5.74) is 4.36. The van der Waals surface area contributed by atoms with E-state index >= 15 is 0 Å².